The molecule has 1 unspecified atom stereocenters. The predicted octanol–water partition coefficient (Wildman–Crippen LogP) is 4.74. The van der Waals surface area contributed by atoms with E-state index >= 15 is 0 Å². The highest BCUT2D eigenvalue weighted by molar-refractivity contribution is 6.22. The maximum atomic E-state index is 13.6. The van der Waals surface area contributed by atoms with E-state index in [1.54, 1.807) is 12.1 Å². The number of benzene rings is 2. The molecule has 0 aliphatic carbocycles. The molecule has 0 nitrogen and oxygen atoms in total. The van der Waals surface area contributed by atoms with Crippen LogP contribution in [0.25, 0.3) is 0 Å². The van der Waals surface area contributed by atoms with Gasteiger partial charge in [-0.05, 0) is 18.6 Å². The number of rotatable bonds is 2. The summed E-state index contributed by atoms with van der Waals surface area (Å²) in [5, 5.41) is -0.847. The summed E-state index contributed by atoms with van der Waals surface area (Å²) in [5.74, 6) is -3.18. The third-order valence-electron chi connectivity index (χ3n) is 2.68. The first-order valence-corrected chi connectivity index (χ1v) is 5.78. The molecule has 2 aromatic carbocycles. The molecule has 0 aliphatic rings. The highest BCUT2D eigenvalue weighted by Gasteiger charge is 2.18. The normalized spacial score (nSPS) is 12.5. The number of aryl methyl sites for hydroxylation is 1. The first-order valence-electron chi connectivity index (χ1n) is 5.34. The van der Waals surface area contributed by atoms with Crippen LogP contribution in [-0.2, 0) is 0 Å². The van der Waals surface area contributed by atoms with Crippen molar-refractivity contribution in [2.24, 2.45) is 0 Å². The van der Waals surface area contributed by atoms with E-state index in [2.05, 4.69) is 0 Å². The molecule has 18 heavy (non-hydrogen) atoms. The Morgan fingerprint density at radius 2 is 1.44 bits per heavy atom. The van der Waals surface area contributed by atoms with Crippen LogP contribution in [-0.4, -0.2) is 0 Å². The van der Waals surface area contributed by atoms with Gasteiger partial charge < -0.3 is 0 Å². The van der Waals surface area contributed by atoms with Gasteiger partial charge in [0, 0.05) is 11.6 Å². The van der Waals surface area contributed by atoms with Gasteiger partial charge in [-0.15, -0.1) is 11.6 Å². The summed E-state index contributed by atoms with van der Waals surface area (Å²) in [7, 11) is 0. The molecule has 0 saturated carbocycles. The Kier molecular flexibility index (Phi) is 3.62. The van der Waals surface area contributed by atoms with E-state index in [0.717, 1.165) is 11.6 Å². The van der Waals surface area contributed by atoms with Crippen LogP contribution in [0.2, 0.25) is 0 Å². The molecule has 0 amide bonds. The molecule has 0 spiro atoms. The van der Waals surface area contributed by atoms with Crippen molar-refractivity contribution in [3.05, 3.63) is 70.5 Å². The Morgan fingerprint density at radius 3 is 2.06 bits per heavy atom. The quantitative estimate of drug-likeness (QED) is 0.546. The molecule has 2 aromatic rings. The summed E-state index contributed by atoms with van der Waals surface area (Å²) >= 11 is 6.08. The van der Waals surface area contributed by atoms with Crippen molar-refractivity contribution in [3.8, 4) is 0 Å². The zero-order valence-electron chi connectivity index (χ0n) is 9.55. The van der Waals surface area contributed by atoms with Crippen LogP contribution < -0.4 is 0 Å². The topological polar surface area (TPSA) is 0 Å². The van der Waals surface area contributed by atoms with Crippen molar-refractivity contribution in [2.75, 3.05) is 0 Å². The van der Waals surface area contributed by atoms with Crippen LogP contribution in [0.5, 0.6) is 0 Å². The van der Waals surface area contributed by atoms with Gasteiger partial charge in [0.2, 0.25) is 0 Å². The fraction of sp³-hybridized carbons (Fsp3) is 0.143. The van der Waals surface area contributed by atoms with Crippen LogP contribution >= 0.6 is 11.6 Å². The number of hydrogen-bond donors (Lipinski definition) is 0. The van der Waals surface area contributed by atoms with Crippen molar-refractivity contribution in [3.63, 3.8) is 0 Å². The zero-order chi connectivity index (χ0) is 13.3. The molecular weight excluding hydrogens is 261 g/mol. The fourth-order valence-corrected chi connectivity index (χ4v) is 1.96. The molecule has 0 N–H and O–H groups in total. The van der Waals surface area contributed by atoms with Gasteiger partial charge >= 0.3 is 0 Å². The maximum Gasteiger partial charge on any atom is 0.161 e. The molecule has 94 valence electrons. The van der Waals surface area contributed by atoms with Gasteiger partial charge in [-0.1, -0.05) is 29.8 Å². The second-order valence-corrected chi connectivity index (χ2v) is 4.50. The van der Waals surface area contributed by atoms with E-state index in [1.807, 2.05) is 19.1 Å². The third-order valence-corrected chi connectivity index (χ3v) is 3.17. The lowest BCUT2D eigenvalue weighted by Gasteiger charge is -2.12. The summed E-state index contributed by atoms with van der Waals surface area (Å²) in [5.41, 5.74) is 1.60. The standard InChI is InChI=1S/C14H10ClF3/c1-8-2-4-9(5-3-8)14(15)10-6-12(17)13(18)7-11(10)16/h2-7,14H,1H3. The van der Waals surface area contributed by atoms with E-state index in [1.165, 1.54) is 0 Å². The minimum atomic E-state index is -1.22. The molecule has 0 bridgehead atoms. The summed E-state index contributed by atoms with van der Waals surface area (Å²) in [6.45, 7) is 1.91. The molecule has 0 aliphatic heterocycles. The van der Waals surface area contributed by atoms with Crippen molar-refractivity contribution >= 4 is 11.6 Å². The van der Waals surface area contributed by atoms with E-state index in [0.29, 0.717) is 11.6 Å². The lowest BCUT2D eigenvalue weighted by Crippen LogP contribution is -2.00. The number of hydrogen-bond acceptors (Lipinski definition) is 0. The van der Waals surface area contributed by atoms with Crippen LogP contribution in [0, 0.1) is 24.4 Å². The van der Waals surface area contributed by atoms with Gasteiger partial charge in [-0.2, -0.15) is 0 Å². The van der Waals surface area contributed by atoms with Crippen molar-refractivity contribution in [1.29, 1.82) is 0 Å². The van der Waals surface area contributed by atoms with Gasteiger partial charge in [-0.3, -0.25) is 0 Å². The Balaban J connectivity index is 2.42. The molecule has 0 heterocycles. The lowest BCUT2D eigenvalue weighted by molar-refractivity contribution is 0.490. The van der Waals surface area contributed by atoms with Crippen molar-refractivity contribution in [1.82, 2.24) is 0 Å². The third kappa shape index (κ3) is 2.51. The van der Waals surface area contributed by atoms with Gasteiger partial charge in [0.25, 0.3) is 0 Å². The first-order chi connectivity index (χ1) is 8.49. The Labute approximate surface area is 108 Å². The summed E-state index contributed by atoms with van der Waals surface area (Å²) in [4.78, 5) is 0. The first kappa shape index (κ1) is 13.0. The van der Waals surface area contributed by atoms with E-state index in [-0.39, 0.29) is 5.56 Å². The minimum Gasteiger partial charge on any atom is -0.207 e. The molecular formula is C14H10ClF3. The fourth-order valence-electron chi connectivity index (χ4n) is 1.65. The largest absolute Gasteiger partial charge is 0.207 e. The summed E-state index contributed by atoms with van der Waals surface area (Å²) in [6.07, 6.45) is 0. The smallest absolute Gasteiger partial charge is 0.161 e. The summed E-state index contributed by atoms with van der Waals surface area (Å²) in [6, 6.07) is 8.41. The van der Waals surface area contributed by atoms with E-state index in [9.17, 15) is 13.2 Å². The molecule has 2 rings (SSSR count). The zero-order valence-corrected chi connectivity index (χ0v) is 10.3. The van der Waals surface area contributed by atoms with E-state index in [4.69, 9.17) is 11.6 Å². The van der Waals surface area contributed by atoms with Crippen LogP contribution in [0.15, 0.2) is 36.4 Å². The van der Waals surface area contributed by atoms with Crippen LogP contribution in [0.1, 0.15) is 22.1 Å². The Bertz CT molecular complexity index is 564. The average Bonchev–Trinajstić information content (AvgIpc) is 2.34. The average molecular weight is 271 g/mol. The second-order valence-electron chi connectivity index (χ2n) is 4.06. The monoisotopic (exact) mass is 270 g/mol. The summed E-state index contributed by atoms with van der Waals surface area (Å²) < 4.78 is 39.5. The minimum absolute atomic E-state index is 0.0700. The molecule has 0 saturated heterocycles. The van der Waals surface area contributed by atoms with Gasteiger partial charge in [-0.25, -0.2) is 13.2 Å². The van der Waals surface area contributed by atoms with E-state index < -0.39 is 22.8 Å². The highest BCUT2D eigenvalue weighted by atomic mass is 35.5. The van der Waals surface area contributed by atoms with Gasteiger partial charge in [0.15, 0.2) is 11.6 Å². The van der Waals surface area contributed by atoms with Crippen LogP contribution in [0.3, 0.4) is 0 Å². The second kappa shape index (κ2) is 5.02. The molecule has 0 radical (unpaired) electrons. The Morgan fingerprint density at radius 1 is 0.889 bits per heavy atom. The SMILES string of the molecule is Cc1ccc(C(Cl)c2cc(F)c(F)cc2F)cc1. The molecule has 1 atom stereocenters. The Hall–Kier alpha value is -1.48. The molecule has 0 aromatic heterocycles. The molecule has 4 heteroatoms. The van der Waals surface area contributed by atoms with Gasteiger partial charge in [0.1, 0.15) is 5.82 Å². The van der Waals surface area contributed by atoms with Crippen molar-refractivity contribution in [2.45, 2.75) is 12.3 Å². The molecule has 0 fully saturated rings. The highest BCUT2D eigenvalue weighted by Crippen LogP contribution is 2.31. The maximum absolute atomic E-state index is 13.6. The van der Waals surface area contributed by atoms with Gasteiger partial charge in [0.05, 0.1) is 5.38 Å². The number of halogens is 4. The van der Waals surface area contributed by atoms with Crippen LogP contribution in [0.4, 0.5) is 13.2 Å². The predicted molar refractivity (Wildman–Crippen MR) is 65.2 cm³/mol. The lowest BCUT2D eigenvalue weighted by atomic mass is 10.0. The van der Waals surface area contributed by atoms with Crippen molar-refractivity contribution < 1.29 is 13.2 Å². The number of alkyl halides is 1.